The highest BCUT2D eigenvalue weighted by atomic mass is 16.6. The first-order valence-electron chi connectivity index (χ1n) is 8.21. The maximum Gasteiger partial charge on any atom is 0.342 e. The Labute approximate surface area is 156 Å². The minimum Gasteiger partial charge on any atom is -0.496 e. The van der Waals surface area contributed by atoms with Gasteiger partial charge in [-0.15, -0.1) is 0 Å². The van der Waals surface area contributed by atoms with Gasteiger partial charge in [-0.2, -0.15) is 0 Å². The zero-order chi connectivity index (χ0) is 20.0. The fourth-order valence-electron chi connectivity index (χ4n) is 2.33. The number of benzene rings is 2. The van der Waals surface area contributed by atoms with Crippen molar-refractivity contribution in [2.75, 3.05) is 19.0 Å². The molecule has 142 valence electrons. The first-order valence-corrected chi connectivity index (χ1v) is 8.21. The quantitative estimate of drug-likeness (QED) is 0.453. The van der Waals surface area contributed by atoms with Crippen molar-refractivity contribution in [3.63, 3.8) is 0 Å². The number of hydrogen-bond donors (Lipinski definition) is 1. The lowest BCUT2D eigenvalue weighted by Crippen LogP contribution is -2.21. The van der Waals surface area contributed by atoms with Gasteiger partial charge in [0.15, 0.2) is 6.61 Å². The number of anilines is 1. The monoisotopic (exact) mass is 372 g/mol. The second-order valence-electron chi connectivity index (χ2n) is 6.04. The molecule has 0 aliphatic rings. The molecule has 0 aromatic heterocycles. The average molecular weight is 372 g/mol. The number of hydrogen-bond acceptors (Lipinski definition) is 6. The van der Waals surface area contributed by atoms with Gasteiger partial charge in [0.2, 0.25) is 0 Å². The molecular formula is C19H20N2O6. The van der Waals surface area contributed by atoms with Gasteiger partial charge in [-0.3, -0.25) is 14.9 Å². The van der Waals surface area contributed by atoms with Gasteiger partial charge in [0, 0.05) is 17.8 Å². The molecule has 0 aliphatic carbocycles. The fraction of sp³-hybridized carbons (Fsp3) is 0.263. The van der Waals surface area contributed by atoms with Crippen LogP contribution in [0.3, 0.4) is 0 Å². The molecule has 0 fully saturated rings. The normalized spacial score (nSPS) is 10.4. The van der Waals surface area contributed by atoms with Crippen LogP contribution in [0.2, 0.25) is 0 Å². The number of nitro benzene ring substituents is 1. The molecular weight excluding hydrogens is 352 g/mol. The van der Waals surface area contributed by atoms with Crippen molar-refractivity contribution in [3.05, 3.63) is 63.7 Å². The Hall–Kier alpha value is -3.42. The van der Waals surface area contributed by atoms with E-state index in [0.717, 1.165) is 11.6 Å². The van der Waals surface area contributed by atoms with Crippen LogP contribution in [0.4, 0.5) is 11.4 Å². The van der Waals surface area contributed by atoms with Gasteiger partial charge >= 0.3 is 5.97 Å². The topological polar surface area (TPSA) is 108 Å². The average Bonchev–Trinajstić information content (AvgIpc) is 2.65. The highest BCUT2D eigenvalue weighted by molar-refractivity contribution is 5.97. The third kappa shape index (κ3) is 5.27. The molecule has 1 N–H and O–H groups in total. The van der Waals surface area contributed by atoms with Crippen molar-refractivity contribution in [2.45, 2.75) is 19.8 Å². The second-order valence-corrected chi connectivity index (χ2v) is 6.04. The molecule has 0 aliphatic heterocycles. The molecule has 0 heterocycles. The van der Waals surface area contributed by atoms with Crippen molar-refractivity contribution in [1.82, 2.24) is 0 Å². The van der Waals surface area contributed by atoms with Crippen LogP contribution >= 0.6 is 0 Å². The first kappa shape index (κ1) is 19.9. The van der Waals surface area contributed by atoms with Crippen molar-refractivity contribution < 1.29 is 24.0 Å². The highest BCUT2D eigenvalue weighted by Crippen LogP contribution is 2.24. The van der Waals surface area contributed by atoms with Crippen LogP contribution in [-0.4, -0.2) is 30.5 Å². The summed E-state index contributed by atoms with van der Waals surface area (Å²) in [6.45, 7) is 3.60. The number of nitrogens with zero attached hydrogens (tertiary/aromatic N) is 1. The van der Waals surface area contributed by atoms with E-state index in [2.05, 4.69) is 19.2 Å². The molecule has 2 rings (SSSR count). The molecule has 2 aromatic carbocycles. The maximum absolute atomic E-state index is 12.2. The van der Waals surface area contributed by atoms with E-state index in [-0.39, 0.29) is 17.0 Å². The minimum absolute atomic E-state index is 0.121. The van der Waals surface area contributed by atoms with Crippen LogP contribution in [0, 0.1) is 10.1 Å². The molecule has 8 heteroatoms. The summed E-state index contributed by atoms with van der Waals surface area (Å²) in [5.74, 6) is -0.915. The van der Waals surface area contributed by atoms with Gasteiger partial charge in [0.05, 0.1) is 12.0 Å². The van der Waals surface area contributed by atoms with E-state index in [4.69, 9.17) is 9.47 Å². The van der Waals surface area contributed by atoms with Crippen molar-refractivity contribution in [1.29, 1.82) is 0 Å². The lowest BCUT2D eigenvalue weighted by Gasteiger charge is -2.10. The number of nitro groups is 1. The molecule has 0 unspecified atom stereocenters. The summed E-state index contributed by atoms with van der Waals surface area (Å²) >= 11 is 0. The van der Waals surface area contributed by atoms with E-state index >= 15 is 0 Å². The third-order valence-electron chi connectivity index (χ3n) is 3.81. The van der Waals surface area contributed by atoms with Crippen LogP contribution in [0.25, 0.3) is 0 Å². The Balaban J connectivity index is 1.99. The van der Waals surface area contributed by atoms with Gasteiger partial charge in [-0.1, -0.05) is 26.0 Å². The number of carbonyl (C=O) groups excluding carboxylic acids is 2. The van der Waals surface area contributed by atoms with Crippen LogP contribution in [-0.2, 0) is 9.53 Å². The molecule has 0 spiro atoms. The lowest BCUT2D eigenvalue weighted by atomic mass is 10.0. The maximum atomic E-state index is 12.2. The summed E-state index contributed by atoms with van der Waals surface area (Å²) in [4.78, 5) is 34.4. The van der Waals surface area contributed by atoms with E-state index in [9.17, 15) is 19.7 Å². The smallest absolute Gasteiger partial charge is 0.342 e. The summed E-state index contributed by atoms with van der Waals surface area (Å²) in [6, 6.07) is 10.9. The largest absolute Gasteiger partial charge is 0.496 e. The number of amides is 1. The Morgan fingerprint density at radius 2 is 1.81 bits per heavy atom. The molecule has 0 saturated carbocycles. The lowest BCUT2D eigenvalue weighted by molar-refractivity contribution is -0.384. The Morgan fingerprint density at radius 3 is 2.37 bits per heavy atom. The van der Waals surface area contributed by atoms with Crippen LogP contribution in [0.5, 0.6) is 5.75 Å². The van der Waals surface area contributed by atoms with Crippen LogP contribution in [0.15, 0.2) is 42.5 Å². The van der Waals surface area contributed by atoms with Gasteiger partial charge in [0.1, 0.15) is 11.3 Å². The summed E-state index contributed by atoms with van der Waals surface area (Å²) in [6.07, 6.45) is 0. The molecule has 2 aromatic rings. The molecule has 0 atom stereocenters. The first-order chi connectivity index (χ1) is 12.8. The van der Waals surface area contributed by atoms with Crippen LogP contribution < -0.4 is 10.1 Å². The Kier molecular flexibility index (Phi) is 6.48. The zero-order valence-corrected chi connectivity index (χ0v) is 15.2. The van der Waals surface area contributed by atoms with Crippen molar-refractivity contribution >= 4 is 23.3 Å². The third-order valence-corrected chi connectivity index (χ3v) is 3.81. The predicted molar refractivity (Wildman–Crippen MR) is 99.1 cm³/mol. The van der Waals surface area contributed by atoms with Gasteiger partial charge in [-0.25, -0.2) is 4.79 Å². The SMILES string of the molecule is COc1ccc([N+](=O)[O-])cc1C(=O)OCC(=O)Nc1ccc(C(C)C)cc1. The van der Waals surface area contributed by atoms with Crippen molar-refractivity contribution in [3.8, 4) is 5.75 Å². The number of carbonyl (C=O) groups is 2. The summed E-state index contributed by atoms with van der Waals surface area (Å²) in [7, 11) is 1.32. The van der Waals surface area contributed by atoms with E-state index in [1.165, 1.54) is 19.2 Å². The predicted octanol–water partition coefficient (Wildman–Crippen LogP) is 3.52. The number of rotatable bonds is 7. The Morgan fingerprint density at radius 1 is 1.15 bits per heavy atom. The zero-order valence-electron chi connectivity index (χ0n) is 15.2. The number of nitrogens with one attached hydrogen (secondary N) is 1. The van der Waals surface area contributed by atoms with Crippen molar-refractivity contribution in [2.24, 2.45) is 0 Å². The summed E-state index contributed by atoms with van der Waals surface area (Å²) in [5.41, 5.74) is 1.31. The van der Waals surface area contributed by atoms with Gasteiger partial charge < -0.3 is 14.8 Å². The minimum atomic E-state index is -0.888. The molecule has 27 heavy (non-hydrogen) atoms. The van der Waals surface area contributed by atoms with Gasteiger partial charge in [-0.05, 0) is 29.7 Å². The van der Waals surface area contributed by atoms with E-state index < -0.39 is 23.4 Å². The van der Waals surface area contributed by atoms with E-state index in [1.54, 1.807) is 12.1 Å². The van der Waals surface area contributed by atoms with Crippen LogP contribution in [0.1, 0.15) is 35.7 Å². The standard InChI is InChI=1S/C19H20N2O6/c1-12(2)13-4-6-14(7-5-13)20-18(22)11-27-19(23)16-10-15(21(24)25)8-9-17(16)26-3/h4-10,12H,11H2,1-3H3,(H,20,22). The van der Waals surface area contributed by atoms with E-state index in [1.807, 2.05) is 12.1 Å². The molecule has 8 nitrogen and oxygen atoms in total. The molecule has 0 saturated heterocycles. The summed E-state index contributed by atoms with van der Waals surface area (Å²) < 4.78 is 9.96. The summed E-state index contributed by atoms with van der Waals surface area (Å²) in [5, 5.41) is 13.5. The number of esters is 1. The van der Waals surface area contributed by atoms with E-state index in [0.29, 0.717) is 11.6 Å². The molecule has 0 radical (unpaired) electrons. The number of methoxy groups -OCH3 is 1. The Bertz CT molecular complexity index is 846. The second kappa shape index (κ2) is 8.79. The number of non-ortho nitro benzene ring substituents is 1. The highest BCUT2D eigenvalue weighted by Gasteiger charge is 2.19. The fourth-order valence-corrected chi connectivity index (χ4v) is 2.33. The number of ether oxygens (including phenoxy) is 2. The molecule has 1 amide bonds. The van der Waals surface area contributed by atoms with Gasteiger partial charge in [0.25, 0.3) is 11.6 Å². The molecule has 0 bridgehead atoms.